The first-order chi connectivity index (χ1) is 14.1. The van der Waals surface area contributed by atoms with Gasteiger partial charge in [0.05, 0.1) is 16.9 Å². The number of nitrogens with zero attached hydrogens (tertiary/aromatic N) is 2. The van der Waals surface area contributed by atoms with Gasteiger partial charge < -0.3 is 19.5 Å². The number of para-hydroxylation sites is 1. The maximum absolute atomic E-state index is 12.3. The van der Waals surface area contributed by atoms with Crippen molar-refractivity contribution in [3.05, 3.63) is 65.9 Å². The van der Waals surface area contributed by atoms with Crippen LogP contribution in [-0.2, 0) is 9.53 Å². The van der Waals surface area contributed by atoms with Crippen LogP contribution in [-0.4, -0.2) is 41.5 Å². The molecule has 2 heterocycles. The molecule has 0 saturated carbocycles. The van der Waals surface area contributed by atoms with Gasteiger partial charge in [-0.2, -0.15) is 5.10 Å². The second-order valence-corrected chi connectivity index (χ2v) is 6.40. The van der Waals surface area contributed by atoms with E-state index in [1.54, 1.807) is 28.9 Å². The van der Waals surface area contributed by atoms with E-state index in [4.69, 9.17) is 14.2 Å². The molecule has 4 rings (SSSR count). The number of aryl methyl sites for hydroxylation is 1. The number of carbonyl (C=O) groups is 2. The first kappa shape index (κ1) is 18.5. The molecule has 0 radical (unpaired) electrons. The van der Waals surface area contributed by atoms with Crippen molar-refractivity contribution in [3.63, 3.8) is 0 Å². The number of hydrogen-bond donors (Lipinski definition) is 1. The highest BCUT2D eigenvalue weighted by Crippen LogP contribution is 2.30. The molecule has 0 spiro atoms. The fourth-order valence-electron chi connectivity index (χ4n) is 2.92. The maximum atomic E-state index is 12.3. The topological polar surface area (TPSA) is 91.7 Å². The number of benzene rings is 2. The van der Waals surface area contributed by atoms with Crippen LogP contribution in [0.15, 0.2) is 54.6 Å². The van der Waals surface area contributed by atoms with Crippen molar-refractivity contribution in [2.75, 3.05) is 25.1 Å². The van der Waals surface area contributed by atoms with Gasteiger partial charge >= 0.3 is 5.97 Å². The molecule has 0 fully saturated rings. The average Bonchev–Trinajstić information content (AvgIpc) is 3.12. The molecule has 0 saturated heterocycles. The lowest BCUT2D eigenvalue weighted by Crippen LogP contribution is -2.22. The first-order valence-corrected chi connectivity index (χ1v) is 9.09. The largest absolute Gasteiger partial charge is 0.486 e. The molecule has 148 valence electrons. The van der Waals surface area contributed by atoms with E-state index < -0.39 is 18.5 Å². The number of ether oxygens (including phenoxy) is 3. The minimum atomic E-state index is -0.620. The van der Waals surface area contributed by atoms with E-state index in [1.165, 1.54) is 0 Å². The van der Waals surface area contributed by atoms with Crippen LogP contribution in [0.1, 0.15) is 16.1 Å². The molecule has 8 nitrogen and oxygen atoms in total. The third-order valence-corrected chi connectivity index (χ3v) is 4.21. The van der Waals surface area contributed by atoms with Crippen molar-refractivity contribution < 1.29 is 23.8 Å². The van der Waals surface area contributed by atoms with Crippen molar-refractivity contribution in [1.82, 2.24) is 9.78 Å². The summed E-state index contributed by atoms with van der Waals surface area (Å²) in [5.74, 6) is 0.472. The number of carbonyl (C=O) groups excluding carboxylic acids is 2. The van der Waals surface area contributed by atoms with Crippen molar-refractivity contribution in [2.45, 2.75) is 6.92 Å². The van der Waals surface area contributed by atoms with Gasteiger partial charge in [-0.3, -0.25) is 4.79 Å². The van der Waals surface area contributed by atoms with Gasteiger partial charge in [0.15, 0.2) is 18.1 Å². The van der Waals surface area contributed by atoms with Crippen molar-refractivity contribution >= 4 is 17.7 Å². The summed E-state index contributed by atoms with van der Waals surface area (Å²) in [6.07, 6.45) is 0. The Morgan fingerprint density at radius 1 is 1.07 bits per heavy atom. The summed E-state index contributed by atoms with van der Waals surface area (Å²) in [5, 5.41) is 7.11. The zero-order chi connectivity index (χ0) is 20.2. The molecule has 0 atom stereocenters. The average molecular weight is 393 g/mol. The molecular weight excluding hydrogens is 374 g/mol. The van der Waals surface area contributed by atoms with Gasteiger partial charge in [-0.05, 0) is 37.3 Å². The molecule has 2 aromatic carbocycles. The van der Waals surface area contributed by atoms with Gasteiger partial charge in [0.2, 0.25) is 0 Å². The normalized spacial score (nSPS) is 12.3. The van der Waals surface area contributed by atoms with Crippen molar-refractivity contribution in [2.24, 2.45) is 0 Å². The van der Waals surface area contributed by atoms with Crippen LogP contribution in [0.25, 0.3) is 5.69 Å². The minimum Gasteiger partial charge on any atom is -0.486 e. The monoisotopic (exact) mass is 393 g/mol. The van der Waals surface area contributed by atoms with Gasteiger partial charge in [-0.1, -0.05) is 18.2 Å². The number of amides is 1. The number of nitrogens with one attached hydrogen (secondary N) is 1. The lowest BCUT2D eigenvalue weighted by molar-refractivity contribution is -0.119. The molecule has 1 N–H and O–H groups in total. The minimum absolute atomic E-state index is 0.284. The van der Waals surface area contributed by atoms with E-state index in [-0.39, 0.29) is 5.56 Å². The van der Waals surface area contributed by atoms with E-state index >= 15 is 0 Å². The van der Waals surface area contributed by atoms with Gasteiger partial charge in [0.25, 0.3) is 5.91 Å². The summed E-state index contributed by atoms with van der Waals surface area (Å²) in [6, 6.07) is 15.9. The quantitative estimate of drug-likeness (QED) is 0.670. The molecule has 0 unspecified atom stereocenters. The molecule has 3 aromatic rings. The predicted octanol–water partition coefficient (Wildman–Crippen LogP) is 2.75. The number of hydrogen-bond acceptors (Lipinski definition) is 6. The second-order valence-electron chi connectivity index (χ2n) is 6.40. The first-order valence-electron chi connectivity index (χ1n) is 9.09. The highest BCUT2D eigenvalue weighted by molar-refractivity contribution is 5.95. The maximum Gasteiger partial charge on any atom is 0.338 e. The van der Waals surface area contributed by atoms with Gasteiger partial charge in [-0.25, -0.2) is 9.48 Å². The van der Waals surface area contributed by atoms with Crippen LogP contribution in [0.4, 0.5) is 5.82 Å². The zero-order valence-electron chi connectivity index (χ0n) is 15.8. The third kappa shape index (κ3) is 4.21. The fourth-order valence-corrected chi connectivity index (χ4v) is 2.92. The zero-order valence-corrected chi connectivity index (χ0v) is 15.8. The summed E-state index contributed by atoms with van der Waals surface area (Å²) < 4.78 is 17.6. The number of fused-ring (bicyclic) bond motifs is 1. The Morgan fingerprint density at radius 3 is 2.62 bits per heavy atom. The Kier molecular flexibility index (Phi) is 5.15. The summed E-state index contributed by atoms with van der Waals surface area (Å²) in [7, 11) is 0. The fraction of sp³-hybridized carbons (Fsp3) is 0.190. The Balaban J connectivity index is 1.39. The summed E-state index contributed by atoms with van der Waals surface area (Å²) >= 11 is 0. The highest BCUT2D eigenvalue weighted by Gasteiger charge is 2.17. The second kappa shape index (κ2) is 8.05. The van der Waals surface area contributed by atoms with E-state index in [0.29, 0.717) is 30.5 Å². The van der Waals surface area contributed by atoms with E-state index in [2.05, 4.69) is 10.4 Å². The summed E-state index contributed by atoms with van der Waals surface area (Å²) in [4.78, 5) is 24.6. The lowest BCUT2D eigenvalue weighted by Gasteiger charge is -2.18. The number of anilines is 1. The van der Waals surface area contributed by atoms with E-state index in [9.17, 15) is 9.59 Å². The molecule has 29 heavy (non-hydrogen) atoms. The molecule has 0 bridgehead atoms. The Hall–Kier alpha value is -3.81. The smallest absolute Gasteiger partial charge is 0.338 e. The standard InChI is InChI=1S/C21H19N3O5/c1-14-11-19(24(23-14)16-5-3-2-4-6-16)22-20(25)13-29-21(26)15-7-8-17-18(12-15)28-10-9-27-17/h2-8,11-12H,9-10,13H2,1H3,(H,22,25). The van der Waals surface area contributed by atoms with Gasteiger partial charge in [0, 0.05) is 6.07 Å². The number of esters is 1. The predicted molar refractivity (Wildman–Crippen MR) is 105 cm³/mol. The Labute approximate surface area is 167 Å². The third-order valence-electron chi connectivity index (χ3n) is 4.21. The summed E-state index contributed by atoms with van der Waals surface area (Å²) in [5.41, 5.74) is 1.84. The number of aromatic nitrogens is 2. The van der Waals surface area contributed by atoms with Gasteiger partial charge in [0.1, 0.15) is 19.0 Å². The van der Waals surface area contributed by atoms with E-state index in [1.807, 2.05) is 37.3 Å². The van der Waals surface area contributed by atoms with Crippen molar-refractivity contribution in [1.29, 1.82) is 0 Å². The molecule has 1 amide bonds. The molecule has 8 heteroatoms. The van der Waals surface area contributed by atoms with Crippen molar-refractivity contribution in [3.8, 4) is 17.2 Å². The van der Waals surface area contributed by atoms with Crippen LogP contribution in [0.2, 0.25) is 0 Å². The van der Waals surface area contributed by atoms with Crippen LogP contribution < -0.4 is 14.8 Å². The Bertz CT molecular complexity index is 1050. The SMILES string of the molecule is Cc1cc(NC(=O)COC(=O)c2ccc3c(c2)OCCO3)n(-c2ccccc2)n1. The lowest BCUT2D eigenvalue weighted by atomic mass is 10.2. The van der Waals surface area contributed by atoms with Gasteiger partial charge in [-0.15, -0.1) is 0 Å². The molecular formula is C21H19N3O5. The van der Waals surface area contributed by atoms with Crippen LogP contribution in [0.5, 0.6) is 11.5 Å². The van der Waals surface area contributed by atoms with E-state index in [0.717, 1.165) is 11.4 Å². The van der Waals surface area contributed by atoms with Crippen LogP contribution >= 0.6 is 0 Å². The summed E-state index contributed by atoms with van der Waals surface area (Å²) in [6.45, 7) is 2.29. The van der Waals surface area contributed by atoms with Crippen LogP contribution in [0.3, 0.4) is 0 Å². The molecule has 1 aliphatic rings. The highest BCUT2D eigenvalue weighted by atomic mass is 16.6. The number of rotatable bonds is 5. The van der Waals surface area contributed by atoms with Crippen LogP contribution in [0, 0.1) is 6.92 Å². The molecule has 1 aliphatic heterocycles. The Morgan fingerprint density at radius 2 is 1.83 bits per heavy atom. The molecule has 1 aromatic heterocycles. The molecule has 0 aliphatic carbocycles.